The predicted octanol–water partition coefficient (Wildman–Crippen LogP) is 4.72. The zero-order valence-electron chi connectivity index (χ0n) is 16.1. The highest BCUT2D eigenvalue weighted by Crippen LogP contribution is 2.37. The highest BCUT2D eigenvalue weighted by molar-refractivity contribution is 6.30. The molecule has 2 saturated heterocycles. The molecule has 0 aromatic heterocycles. The van der Waals surface area contributed by atoms with E-state index in [1.165, 1.54) is 6.07 Å². The van der Waals surface area contributed by atoms with Crippen LogP contribution >= 0.6 is 11.6 Å². The molecule has 2 fully saturated rings. The number of piperidine rings is 1. The van der Waals surface area contributed by atoms with Crippen molar-refractivity contribution in [2.75, 3.05) is 32.1 Å². The molecule has 150 valence electrons. The molecule has 2 aliphatic rings. The van der Waals surface area contributed by atoms with Crippen LogP contribution in [0.2, 0.25) is 5.02 Å². The van der Waals surface area contributed by atoms with E-state index in [4.69, 9.17) is 21.1 Å². The van der Waals surface area contributed by atoms with Crippen molar-refractivity contribution in [3.8, 4) is 5.75 Å². The molecule has 1 unspecified atom stereocenters. The zero-order chi connectivity index (χ0) is 19.6. The van der Waals surface area contributed by atoms with Crippen LogP contribution in [0, 0.1) is 5.82 Å². The van der Waals surface area contributed by atoms with Crippen LogP contribution in [0.15, 0.2) is 42.5 Å². The van der Waals surface area contributed by atoms with Gasteiger partial charge in [-0.05, 0) is 49.1 Å². The third kappa shape index (κ3) is 4.43. The fourth-order valence-corrected chi connectivity index (χ4v) is 4.37. The monoisotopic (exact) mass is 404 g/mol. The van der Waals surface area contributed by atoms with Crippen LogP contribution in [0.3, 0.4) is 0 Å². The molecule has 4 rings (SSSR count). The maximum atomic E-state index is 13.7. The van der Waals surface area contributed by atoms with E-state index in [0.717, 1.165) is 62.5 Å². The van der Waals surface area contributed by atoms with Crippen molar-refractivity contribution in [1.29, 1.82) is 0 Å². The molecule has 0 bridgehead atoms. The van der Waals surface area contributed by atoms with Crippen molar-refractivity contribution in [1.82, 2.24) is 4.90 Å². The van der Waals surface area contributed by atoms with Crippen LogP contribution in [-0.4, -0.2) is 43.3 Å². The highest BCUT2D eigenvalue weighted by Gasteiger charge is 2.42. The molecular weight excluding hydrogens is 379 g/mol. The lowest BCUT2D eigenvalue weighted by atomic mass is 9.87. The third-order valence-electron chi connectivity index (χ3n) is 5.81. The van der Waals surface area contributed by atoms with E-state index in [2.05, 4.69) is 16.3 Å². The van der Waals surface area contributed by atoms with Gasteiger partial charge in [-0.3, -0.25) is 4.90 Å². The van der Waals surface area contributed by atoms with E-state index in [-0.39, 0.29) is 16.4 Å². The van der Waals surface area contributed by atoms with Gasteiger partial charge in [-0.15, -0.1) is 0 Å². The van der Waals surface area contributed by atoms with E-state index in [0.29, 0.717) is 6.04 Å². The Morgan fingerprint density at radius 3 is 2.82 bits per heavy atom. The number of hydrogen-bond donors (Lipinski definition) is 1. The molecule has 0 amide bonds. The predicted molar refractivity (Wildman–Crippen MR) is 110 cm³/mol. The van der Waals surface area contributed by atoms with Crippen LogP contribution < -0.4 is 10.1 Å². The lowest BCUT2D eigenvalue weighted by Crippen LogP contribution is -2.44. The number of nitrogens with one attached hydrogen (secondary N) is 1. The Morgan fingerprint density at radius 1 is 1.25 bits per heavy atom. The molecule has 1 spiro atoms. The van der Waals surface area contributed by atoms with Gasteiger partial charge in [0.15, 0.2) is 0 Å². The second-order valence-corrected chi connectivity index (χ2v) is 8.20. The van der Waals surface area contributed by atoms with Gasteiger partial charge in [0.25, 0.3) is 0 Å². The van der Waals surface area contributed by atoms with E-state index in [1.54, 1.807) is 13.2 Å². The molecule has 4 nitrogen and oxygen atoms in total. The Hall–Kier alpha value is -1.82. The minimum atomic E-state index is -0.349. The molecule has 2 aromatic rings. The van der Waals surface area contributed by atoms with Crippen LogP contribution in [-0.2, 0) is 11.3 Å². The molecule has 2 heterocycles. The maximum absolute atomic E-state index is 13.7. The summed E-state index contributed by atoms with van der Waals surface area (Å²) < 4.78 is 25.2. The second-order valence-electron chi connectivity index (χ2n) is 7.80. The number of hydrogen-bond acceptors (Lipinski definition) is 4. The number of ether oxygens (including phenoxy) is 2. The van der Waals surface area contributed by atoms with Gasteiger partial charge in [-0.2, -0.15) is 0 Å². The summed E-state index contributed by atoms with van der Waals surface area (Å²) in [5, 5.41) is 3.75. The summed E-state index contributed by atoms with van der Waals surface area (Å²) in [6.45, 7) is 3.38. The molecule has 2 aliphatic heterocycles. The maximum Gasteiger partial charge on any atom is 0.142 e. The van der Waals surface area contributed by atoms with Crippen molar-refractivity contribution in [2.45, 2.75) is 37.5 Å². The average Bonchev–Trinajstić information content (AvgIpc) is 3.09. The van der Waals surface area contributed by atoms with E-state index in [1.807, 2.05) is 24.3 Å². The first-order valence-electron chi connectivity index (χ1n) is 9.76. The lowest BCUT2D eigenvalue weighted by molar-refractivity contribution is -0.0448. The summed E-state index contributed by atoms with van der Waals surface area (Å²) in [5.74, 6) is 0.504. The number of anilines is 1. The van der Waals surface area contributed by atoms with Crippen LogP contribution in [0.4, 0.5) is 10.1 Å². The minimum Gasteiger partial charge on any atom is -0.497 e. The molecular formula is C22H26ClFN2O2. The summed E-state index contributed by atoms with van der Waals surface area (Å²) in [6, 6.07) is 13.4. The van der Waals surface area contributed by atoms with Crippen LogP contribution in [0.1, 0.15) is 24.8 Å². The van der Waals surface area contributed by atoms with Gasteiger partial charge < -0.3 is 14.8 Å². The van der Waals surface area contributed by atoms with Crippen molar-refractivity contribution in [2.24, 2.45) is 0 Å². The van der Waals surface area contributed by atoms with Crippen molar-refractivity contribution < 1.29 is 13.9 Å². The first-order valence-corrected chi connectivity index (χ1v) is 10.1. The van der Waals surface area contributed by atoms with Gasteiger partial charge in [-0.25, -0.2) is 4.39 Å². The first kappa shape index (κ1) is 19.5. The Bertz CT molecular complexity index is 824. The molecule has 1 N–H and O–H groups in total. The summed E-state index contributed by atoms with van der Waals surface area (Å²) >= 11 is 5.78. The SMILES string of the molecule is COc1cccc(NC2COC3(CCN(Cc4ccc(Cl)c(F)c4)CC3)C2)c1. The standard InChI is InChI=1S/C22H26ClFN2O2/c1-27-19-4-2-3-17(12-19)25-18-13-22(28-15-18)7-9-26(10-8-22)14-16-5-6-20(23)21(24)11-16/h2-6,11-12,18,25H,7-10,13-15H2,1H3. The minimum absolute atomic E-state index is 0.0434. The number of methoxy groups -OCH3 is 1. The molecule has 0 radical (unpaired) electrons. The second kappa shape index (κ2) is 8.27. The number of nitrogens with zero attached hydrogens (tertiary/aromatic N) is 1. The molecule has 28 heavy (non-hydrogen) atoms. The number of benzene rings is 2. The smallest absolute Gasteiger partial charge is 0.142 e. The van der Waals surface area contributed by atoms with Crippen molar-refractivity contribution in [3.63, 3.8) is 0 Å². The van der Waals surface area contributed by atoms with Gasteiger partial charge in [-0.1, -0.05) is 23.7 Å². The fraction of sp³-hybridized carbons (Fsp3) is 0.455. The van der Waals surface area contributed by atoms with Gasteiger partial charge in [0.1, 0.15) is 11.6 Å². The van der Waals surface area contributed by atoms with Crippen molar-refractivity contribution in [3.05, 3.63) is 58.9 Å². The average molecular weight is 405 g/mol. The van der Waals surface area contributed by atoms with Gasteiger partial charge in [0, 0.05) is 31.4 Å². The Morgan fingerprint density at radius 2 is 2.07 bits per heavy atom. The quantitative estimate of drug-likeness (QED) is 0.781. The van der Waals surface area contributed by atoms with Crippen LogP contribution in [0.5, 0.6) is 5.75 Å². The van der Waals surface area contributed by atoms with Gasteiger partial charge >= 0.3 is 0 Å². The van der Waals surface area contributed by atoms with E-state index < -0.39 is 0 Å². The molecule has 0 aliphatic carbocycles. The normalized spacial score (nSPS) is 21.8. The summed E-state index contributed by atoms with van der Waals surface area (Å²) in [4.78, 5) is 2.36. The fourth-order valence-electron chi connectivity index (χ4n) is 4.25. The summed E-state index contributed by atoms with van der Waals surface area (Å²) in [5.41, 5.74) is 1.98. The summed E-state index contributed by atoms with van der Waals surface area (Å²) in [7, 11) is 1.68. The molecule has 2 aromatic carbocycles. The number of halogens is 2. The first-order chi connectivity index (χ1) is 13.5. The molecule has 1 atom stereocenters. The Balaban J connectivity index is 1.30. The number of likely N-dealkylation sites (tertiary alicyclic amines) is 1. The highest BCUT2D eigenvalue weighted by atomic mass is 35.5. The Kier molecular flexibility index (Phi) is 5.76. The molecule has 6 heteroatoms. The third-order valence-corrected chi connectivity index (χ3v) is 6.11. The largest absolute Gasteiger partial charge is 0.497 e. The molecule has 0 saturated carbocycles. The lowest BCUT2D eigenvalue weighted by Gasteiger charge is -2.38. The van der Waals surface area contributed by atoms with Gasteiger partial charge in [0.05, 0.1) is 30.4 Å². The van der Waals surface area contributed by atoms with Gasteiger partial charge in [0.2, 0.25) is 0 Å². The Labute approximate surface area is 170 Å². The summed E-state index contributed by atoms with van der Waals surface area (Å²) in [6.07, 6.45) is 3.01. The van der Waals surface area contributed by atoms with Crippen molar-refractivity contribution >= 4 is 17.3 Å². The van der Waals surface area contributed by atoms with E-state index in [9.17, 15) is 4.39 Å². The number of rotatable bonds is 5. The van der Waals surface area contributed by atoms with Crippen LogP contribution in [0.25, 0.3) is 0 Å². The van der Waals surface area contributed by atoms with E-state index >= 15 is 0 Å². The topological polar surface area (TPSA) is 33.7 Å². The zero-order valence-corrected chi connectivity index (χ0v) is 16.8.